The number of allylic oxidation sites excluding steroid dienone is 2. The van der Waals surface area contributed by atoms with Gasteiger partial charge in [-0.25, -0.2) is 4.79 Å². The van der Waals surface area contributed by atoms with E-state index in [1.54, 1.807) is 4.90 Å². The number of aliphatic hydroxyl groups excluding tert-OH is 1. The number of amides is 1. The van der Waals surface area contributed by atoms with E-state index in [1.165, 1.54) is 0 Å². The van der Waals surface area contributed by atoms with Gasteiger partial charge in [0.1, 0.15) is 6.10 Å². The van der Waals surface area contributed by atoms with Crippen LogP contribution in [0.1, 0.15) is 25.7 Å². The molecule has 0 radical (unpaired) electrons. The molecule has 5 heteroatoms. The number of carbonyl (C=O) groups excluding carboxylic acids is 1. The van der Waals surface area contributed by atoms with Gasteiger partial charge >= 0.3 is 6.09 Å². The molecule has 1 amide bonds. The second-order valence-corrected chi connectivity index (χ2v) is 4.65. The smallest absolute Gasteiger partial charge is 0.410 e. The van der Waals surface area contributed by atoms with E-state index >= 15 is 0 Å². The number of hydrogen-bond acceptors (Lipinski definition) is 4. The van der Waals surface area contributed by atoms with E-state index in [-0.39, 0.29) is 24.8 Å². The summed E-state index contributed by atoms with van der Waals surface area (Å²) in [6, 6.07) is 0.181. The minimum Gasteiger partial charge on any atom is -0.444 e. The summed E-state index contributed by atoms with van der Waals surface area (Å²) in [6.45, 7) is 1.33. The first-order valence-electron chi connectivity index (χ1n) is 6.64. The SMILES string of the molecule is O=C1O[C@@H]2CC/C=C/CC[C@H]2N1CCOCCO. The molecule has 1 heterocycles. The molecule has 18 heavy (non-hydrogen) atoms. The number of hydrogen-bond donors (Lipinski definition) is 1. The topological polar surface area (TPSA) is 59.0 Å². The zero-order valence-electron chi connectivity index (χ0n) is 10.6. The Morgan fingerprint density at radius 1 is 1.33 bits per heavy atom. The molecular formula is C13H21NO4. The molecule has 1 aliphatic carbocycles. The first kappa shape index (κ1) is 13.4. The molecule has 102 valence electrons. The van der Waals surface area contributed by atoms with Crippen molar-refractivity contribution < 1.29 is 19.4 Å². The van der Waals surface area contributed by atoms with Gasteiger partial charge in [-0.3, -0.25) is 4.90 Å². The molecule has 2 aliphatic rings. The van der Waals surface area contributed by atoms with Crippen molar-refractivity contribution in [2.24, 2.45) is 0 Å². The highest BCUT2D eigenvalue weighted by Crippen LogP contribution is 2.28. The van der Waals surface area contributed by atoms with E-state index in [0.717, 1.165) is 25.7 Å². The van der Waals surface area contributed by atoms with Crippen LogP contribution in [0.25, 0.3) is 0 Å². The van der Waals surface area contributed by atoms with Crippen LogP contribution in [-0.4, -0.2) is 54.6 Å². The summed E-state index contributed by atoms with van der Waals surface area (Å²) in [6.07, 6.45) is 7.97. The van der Waals surface area contributed by atoms with Gasteiger partial charge in [0.2, 0.25) is 0 Å². The predicted molar refractivity (Wildman–Crippen MR) is 66.3 cm³/mol. The van der Waals surface area contributed by atoms with E-state index in [4.69, 9.17) is 14.6 Å². The van der Waals surface area contributed by atoms with Crippen molar-refractivity contribution in [2.45, 2.75) is 37.8 Å². The van der Waals surface area contributed by atoms with Crippen molar-refractivity contribution >= 4 is 6.09 Å². The lowest BCUT2D eigenvalue weighted by molar-refractivity contribution is 0.0747. The van der Waals surface area contributed by atoms with Crippen LogP contribution in [0.2, 0.25) is 0 Å². The average Bonchev–Trinajstić information content (AvgIpc) is 2.61. The molecule has 2 atom stereocenters. The van der Waals surface area contributed by atoms with E-state index in [0.29, 0.717) is 19.8 Å². The maximum Gasteiger partial charge on any atom is 0.410 e. The van der Waals surface area contributed by atoms with Crippen LogP contribution in [0, 0.1) is 0 Å². The third kappa shape index (κ3) is 3.23. The molecule has 1 fully saturated rings. The third-order valence-corrected chi connectivity index (χ3v) is 3.44. The Balaban J connectivity index is 1.87. The fraction of sp³-hybridized carbons (Fsp3) is 0.769. The Morgan fingerprint density at radius 3 is 2.89 bits per heavy atom. The summed E-state index contributed by atoms with van der Waals surface area (Å²) in [5.74, 6) is 0. The van der Waals surface area contributed by atoms with Gasteiger partial charge in [0, 0.05) is 6.54 Å². The van der Waals surface area contributed by atoms with Crippen molar-refractivity contribution in [3.63, 3.8) is 0 Å². The molecule has 1 N–H and O–H groups in total. The number of carbonyl (C=O) groups is 1. The van der Waals surface area contributed by atoms with Gasteiger partial charge in [-0.1, -0.05) is 12.2 Å². The summed E-state index contributed by atoms with van der Waals surface area (Å²) < 4.78 is 10.6. The van der Waals surface area contributed by atoms with Crippen LogP contribution in [0.3, 0.4) is 0 Å². The van der Waals surface area contributed by atoms with Gasteiger partial charge in [-0.05, 0) is 25.7 Å². The largest absolute Gasteiger partial charge is 0.444 e. The Kier molecular flexibility index (Phi) is 5.01. The van der Waals surface area contributed by atoms with Crippen LogP contribution in [0.4, 0.5) is 4.79 Å². The minimum absolute atomic E-state index is 0.0152. The lowest BCUT2D eigenvalue weighted by Gasteiger charge is -2.25. The molecule has 2 rings (SSSR count). The Morgan fingerprint density at radius 2 is 2.11 bits per heavy atom. The second kappa shape index (κ2) is 6.75. The summed E-state index contributed by atoms with van der Waals surface area (Å²) in [7, 11) is 0. The number of fused-ring (bicyclic) bond motifs is 1. The van der Waals surface area contributed by atoms with Gasteiger partial charge in [0.05, 0.1) is 25.9 Å². The zero-order chi connectivity index (χ0) is 12.8. The molecule has 1 saturated heterocycles. The van der Waals surface area contributed by atoms with Gasteiger partial charge in [0.15, 0.2) is 0 Å². The molecule has 0 bridgehead atoms. The molecule has 0 aromatic heterocycles. The third-order valence-electron chi connectivity index (χ3n) is 3.44. The van der Waals surface area contributed by atoms with Crippen LogP contribution in [0.15, 0.2) is 12.2 Å². The maximum atomic E-state index is 11.8. The van der Waals surface area contributed by atoms with E-state index in [1.807, 2.05) is 0 Å². The van der Waals surface area contributed by atoms with Crippen molar-refractivity contribution in [2.75, 3.05) is 26.4 Å². The van der Waals surface area contributed by atoms with Crippen LogP contribution < -0.4 is 0 Å². The van der Waals surface area contributed by atoms with E-state index < -0.39 is 0 Å². The highest BCUT2D eigenvalue weighted by atomic mass is 16.6. The maximum absolute atomic E-state index is 11.8. The fourth-order valence-corrected chi connectivity index (χ4v) is 2.55. The monoisotopic (exact) mass is 255 g/mol. The van der Waals surface area contributed by atoms with Gasteiger partial charge < -0.3 is 14.6 Å². The highest BCUT2D eigenvalue weighted by Gasteiger charge is 2.40. The molecule has 0 unspecified atom stereocenters. The molecule has 1 aliphatic heterocycles. The van der Waals surface area contributed by atoms with Gasteiger partial charge in [-0.2, -0.15) is 0 Å². The normalized spacial score (nSPS) is 29.4. The summed E-state index contributed by atoms with van der Waals surface area (Å²) in [5.41, 5.74) is 0. The van der Waals surface area contributed by atoms with Crippen molar-refractivity contribution in [3.8, 4) is 0 Å². The fourth-order valence-electron chi connectivity index (χ4n) is 2.55. The lowest BCUT2D eigenvalue weighted by atomic mass is 9.98. The summed E-state index contributed by atoms with van der Waals surface area (Å²) >= 11 is 0. The number of nitrogens with zero attached hydrogens (tertiary/aromatic N) is 1. The Labute approximate surface area is 107 Å². The van der Waals surface area contributed by atoms with Crippen molar-refractivity contribution in [1.29, 1.82) is 0 Å². The Bertz CT molecular complexity index is 305. The molecule has 5 nitrogen and oxygen atoms in total. The van der Waals surface area contributed by atoms with Crippen LogP contribution in [-0.2, 0) is 9.47 Å². The first-order valence-corrected chi connectivity index (χ1v) is 6.64. The van der Waals surface area contributed by atoms with E-state index in [2.05, 4.69) is 12.2 Å². The van der Waals surface area contributed by atoms with Crippen molar-refractivity contribution in [3.05, 3.63) is 12.2 Å². The summed E-state index contributed by atoms with van der Waals surface area (Å²) in [5, 5.41) is 8.63. The molecule has 0 spiro atoms. The second-order valence-electron chi connectivity index (χ2n) is 4.65. The highest BCUT2D eigenvalue weighted by molar-refractivity contribution is 5.70. The summed E-state index contributed by atoms with van der Waals surface area (Å²) in [4.78, 5) is 13.6. The zero-order valence-corrected chi connectivity index (χ0v) is 10.6. The quantitative estimate of drug-likeness (QED) is 0.594. The number of aliphatic hydroxyl groups is 1. The van der Waals surface area contributed by atoms with Gasteiger partial charge in [-0.15, -0.1) is 0 Å². The van der Waals surface area contributed by atoms with E-state index in [9.17, 15) is 4.79 Å². The number of rotatable bonds is 5. The number of ether oxygens (including phenoxy) is 2. The van der Waals surface area contributed by atoms with Gasteiger partial charge in [0.25, 0.3) is 0 Å². The van der Waals surface area contributed by atoms with Crippen LogP contribution in [0.5, 0.6) is 0 Å². The first-order chi connectivity index (χ1) is 8.83. The minimum atomic E-state index is -0.223. The standard InChI is InChI=1S/C13H21NO4/c15-8-10-17-9-7-14-11-5-3-1-2-4-6-12(11)18-13(14)16/h1-2,11-12,15H,3-10H2/b2-1+/t11-,12-/m1/s1. The molecule has 0 aromatic carbocycles. The molecule has 0 aromatic rings. The van der Waals surface area contributed by atoms with Crippen LogP contribution >= 0.6 is 0 Å². The Hall–Kier alpha value is -1.07. The molecule has 0 saturated carbocycles. The predicted octanol–water partition coefficient (Wildman–Crippen LogP) is 1.31. The lowest BCUT2D eigenvalue weighted by Crippen LogP contribution is -2.39. The average molecular weight is 255 g/mol. The van der Waals surface area contributed by atoms with Crippen molar-refractivity contribution in [1.82, 2.24) is 4.90 Å². The molecular weight excluding hydrogens is 234 g/mol.